The fraction of sp³-hybridized carbons (Fsp3) is 0.222. The number of thiophene rings is 1. The fourth-order valence-electron chi connectivity index (χ4n) is 4.78. The number of rotatable bonds is 8. The first-order chi connectivity index (χ1) is 20.2. The molecule has 1 unspecified atom stereocenters. The third-order valence-electron chi connectivity index (χ3n) is 6.95. The highest BCUT2D eigenvalue weighted by atomic mass is 35.5. The lowest BCUT2D eigenvalue weighted by Gasteiger charge is -2.38. The van der Waals surface area contributed by atoms with Crippen molar-refractivity contribution in [1.29, 1.82) is 0 Å². The fourth-order valence-corrected chi connectivity index (χ4v) is 8.00. The van der Waals surface area contributed by atoms with Crippen molar-refractivity contribution in [2.45, 2.75) is 23.3 Å². The lowest BCUT2D eigenvalue weighted by atomic mass is 10.1. The molecule has 1 aliphatic heterocycles. The number of fused-ring (bicyclic) bond motifs is 2. The topological polar surface area (TPSA) is 154 Å². The molecule has 42 heavy (non-hydrogen) atoms. The van der Waals surface area contributed by atoms with Crippen molar-refractivity contribution >= 4 is 71.6 Å². The number of anilines is 1. The van der Waals surface area contributed by atoms with Gasteiger partial charge in [-0.2, -0.15) is 4.31 Å². The standard InChI is InChI=1S/C27H24ClN7O5S2/c28-19-3-2-18-10-25(41-23(18)11-19)42(38,39)34-13-22(27(37)40-8-7-33-6-5-30-16-33)35(24(36)14-34)12-17-1-4-20-21(9-17)31-15-32-26(20)29/h1-6,9-11,15-16,22H,7-8,12-14H2,(H2,29,31,32). The second kappa shape index (κ2) is 11.3. The minimum atomic E-state index is -4.11. The van der Waals surface area contributed by atoms with E-state index in [9.17, 15) is 18.0 Å². The number of hydrogen-bond donors (Lipinski definition) is 1. The van der Waals surface area contributed by atoms with Crippen molar-refractivity contribution in [3.63, 3.8) is 0 Å². The number of nitrogens with zero attached hydrogens (tertiary/aromatic N) is 6. The molecule has 12 nitrogen and oxygen atoms in total. The lowest BCUT2D eigenvalue weighted by Crippen LogP contribution is -2.60. The molecule has 4 heterocycles. The molecule has 1 fully saturated rings. The van der Waals surface area contributed by atoms with Gasteiger partial charge in [-0.3, -0.25) is 4.79 Å². The number of halogens is 1. The monoisotopic (exact) mass is 625 g/mol. The summed E-state index contributed by atoms with van der Waals surface area (Å²) >= 11 is 7.14. The van der Waals surface area contributed by atoms with Gasteiger partial charge in [-0.15, -0.1) is 11.3 Å². The van der Waals surface area contributed by atoms with Crippen LogP contribution in [0, 0.1) is 0 Å². The van der Waals surface area contributed by atoms with E-state index in [1.807, 2.05) is 0 Å². The molecule has 0 radical (unpaired) electrons. The van der Waals surface area contributed by atoms with Crippen LogP contribution in [0.3, 0.4) is 0 Å². The maximum Gasteiger partial charge on any atom is 0.330 e. The van der Waals surface area contributed by atoms with Gasteiger partial charge in [0.2, 0.25) is 5.91 Å². The van der Waals surface area contributed by atoms with E-state index in [0.717, 1.165) is 15.6 Å². The maximum absolute atomic E-state index is 13.7. The molecule has 216 valence electrons. The number of imidazole rings is 1. The Morgan fingerprint density at radius 3 is 2.83 bits per heavy atom. The number of nitrogens with two attached hydrogens (primary N) is 1. The van der Waals surface area contributed by atoms with Gasteiger partial charge >= 0.3 is 5.97 Å². The zero-order valence-corrected chi connectivity index (χ0v) is 24.3. The molecule has 1 amide bonds. The summed E-state index contributed by atoms with van der Waals surface area (Å²) in [6, 6.07) is 10.7. The van der Waals surface area contributed by atoms with Crippen LogP contribution in [0.25, 0.3) is 21.0 Å². The highest BCUT2D eigenvalue weighted by molar-refractivity contribution is 7.91. The van der Waals surface area contributed by atoms with E-state index in [-0.39, 0.29) is 23.9 Å². The van der Waals surface area contributed by atoms with E-state index in [1.54, 1.807) is 65.8 Å². The van der Waals surface area contributed by atoms with Gasteiger partial charge in [0.15, 0.2) is 0 Å². The number of nitrogen functional groups attached to an aromatic ring is 1. The smallest absolute Gasteiger partial charge is 0.330 e. The van der Waals surface area contributed by atoms with Crippen LogP contribution in [0.2, 0.25) is 5.02 Å². The molecule has 15 heteroatoms. The number of ether oxygens (including phenoxy) is 1. The van der Waals surface area contributed by atoms with Gasteiger partial charge in [0, 0.05) is 40.6 Å². The number of amides is 1. The number of sulfonamides is 1. The van der Waals surface area contributed by atoms with Crippen molar-refractivity contribution in [1.82, 2.24) is 28.7 Å². The number of aromatic nitrogens is 4. The molecule has 2 aromatic carbocycles. The molecular formula is C27H24ClN7O5S2. The van der Waals surface area contributed by atoms with E-state index in [2.05, 4.69) is 15.0 Å². The van der Waals surface area contributed by atoms with Crippen LogP contribution < -0.4 is 5.73 Å². The Labute approximate surface area is 249 Å². The van der Waals surface area contributed by atoms with E-state index < -0.39 is 34.5 Å². The molecule has 0 spiro atoms. The van der Waals surface area contributed by atoms with Gasteiger partial charge in [-0.25, -0.2) is 28.2 Å². The predicted molar refractivity (Wildman–Crippen MR) is 157 cm³/mol. The molecule has 1 aliphatic rings. The van der Waals surface area contributed by atoms with Crippen LogP contribution >= 0.6 is 22.9 Å². The maximum atomic E-state index is 13.7. The average molecular weight is 626 g/mol. The van der Waals surface area contributed by atoms with Crippen LogP contribution in [0.15, 0.2) is 71.7 Å². The van der Waals surface area contributed by atoms with E-state index in [1.165, 1.54) is 11.2 Å². The number of carbonyl (C=O) groups excluding carboxylic acids is 2. The van der Waals surface area contributed by atoms with Gasteiger partial charge in [0.05, 0.1) is 24.9 Å². The Morgan fingerprint density at radius 1 is 1.17 bits per heavy atom. The highest BCUT2D eigenvalue weighted by Gasteiger charge is 2.43. The minimum absolute atomic E-state index is 0.0176. The van der Waals surface area contributed by atoms with Crippen molar-refractivity contribution in [2.24, 2.45) is 0 Å². The normalized spacial score (nSPS) is 16.4. The lowest BCUT2D eigenvalue weighted by molar-refractivity contribution is -0.159. The number of hydrogen-bond acceptors (Lipinski definition) is 10. The SMILES string of the molecule is Nc1ncnc2cc(CN3C(=O)CN(S(=O)(=O)c4cc5ccc(Cl)cc5s4)CC3C(=O)OCCn3ccnc3)ccc12. The summed E-state index contributed by atoms with van der Waals surface area (Å²) in [5.41, 5.74) is 7.21. The first kappa shape index (κ1) is 28.0. The van der Waals surface area contributed by atoms with Crippen LogP contribution in [-0.4, -0.2) is 74.8 Å². The van der Waals surface area contributed by atoms with Gasteiger partial charge in [-0.1, -0.05) is 23.7 Å². The van der Waals surface area contributed by atoms with Crippen LogP contribution in [0.1, 0.15) is 5.56 Å². The number of benzene rings is 2. The van der Waals surface area contributed by atoms with Crippen LogP contribution in [-0.2, 0) is 37.4 Å². The van der Waals surface area contributed by atoms with Crippen molar-refractivity contribution in [3.8, 4) is 0 Å². The van der Waals surface area contributed by atoms with Crippen LogP contribution in [0.4, 0.5) is 5.82 Å². The quantitative estimate of drug-likeness (QED) is 0.256. The van der Waals surface area contributed by atoms with Crippen molar-refractivity contribution < 1.29 is 22.7 Å². The molecule has 6 rings (SSSR count). The summed E-state index contributed by atoms with van der Waals surface area (Å²) in [6.07, 6.45) is 6.27. The Bertz CT molecular complexity index is 1910. The Morgan fingerprint density at radius 2 is 2.02 bits per heavy atom. The predicted octanol–water partition coefficient (Wildman–Crippen LogP) is 2.92. The summed E-state index contributed by atoms with van der Waals surface area (Å²) in [6.45, 7) is -0.294. The Balaban J connectivity index is 1.28. The van der Waals surface area contributed by atoms with Gasteiger partial charge in [-0.05, 0) is 41.3 Å². The first-order valence-electron chi connectivity index (χ1n) is 12.8. The largest absolute Gasteiger partial charge is 0.462 e. The summed E-state index contributed by atoms with van der Waals surface area (Å²) < 4.78 is 36.5. The highest BCUT2D eigenvalue weighted by Crippen LogP contribution is 2.34. The summed E-state index contributed by atoms with van der Waals surface area (Å²) in [5, 5.41) is 1.85. The molecule has 0 bridgehead atoms. The first-order valence-corrected chi connectivity index (χ1v) is 15.4. The molecule has 5 aromatic rings. The molecule has 1 atom stereocenters. The Hall–Kier alpha value is -4.11. The van der Waals surface area contributed by atoms with E-state index >= 15 is 0 Å². The molecule has 1 saturated heterocycles. The van der Waals surface area contributed by atoms with E-state index in [4.69, 9.17) is 22.1 Å². The van der Waals surface area contributed by atoms with Gasteiger partial charge in [0.1, 0.15) is 29.0 Å². The zero-order chi connectivity index (χ0) is 29.4. The average Bonchev–Trinajstić information content (AvgIpc) is 3.64. The minimum Gasteiger partial charge on any atom is -0.462 e. The Kier molecular flexibility index (Phi) is 7.53. The van der Waals surface area contributed by atoms with E-state index in [0.29, 0.717) is 43.9 Å². The zero-order valence-electron chi connectivity index (χ0n) is 22.0. The van der Waals surface area contributed by atoms with Gasteiger partial charge < -0.3 is 19.9 Å². The van der Waals surface area contributed by atoms with Gasteiger partial charge in [0.25, 0.3) is 10.0 Å². The van der Waals surface area contributed by atoms with Crippen LogP contribution in [0.5, 0.6) is 0 Å². The summed E-state index contributed by atoms with van der Waals surface area (Å²) in [7, 11) is -4.11. The molecule has 3 aromatic heterocycles. The third-order valence-corrected chi connectivity index (χ3v) is 10.5. The van der Waals surface area contributed by atoms with Crippen molar-refractivity contribution in [3.05, 3.63) is 78.1 Å². The molecule has 0 saturated carbocycles. The molecule has 2 N–H and O–H groups in total. The molecular weight excluding hydrogens is 602 g/mol. The number of esters is 1. The summed E-state index contributed by atoms with van der Waals surface area (Å²) in [4.78, 5) is 40.5. The second-order valence-corrected chi connectivity index (χ2v) is 13.3. The van der Waals surface area contributed by atoms with Crippen molar-refractivity contribution in [2.75, 3.05) is 25.4 Å². The summed E-state index contributed by atoms with van der Waals surface area (Å²) in [5.74, 6) is -0.920. The molecule has 0 aliphatic carbocycles. The second-order valence-electron chi connectivity index (χ2n) is 9.66. The number of carbonyl (C=O) groups is 2. The third kappa shape index (κ3) is 5.53. The number of piperazine rings is 1.